The van der Waals surface area contributed by atoms with Crippen LogP contribution in [0.15, 0.2) is 51.8 Å². The maximum absolute atomic E-state index is 13.8. The molecule has 0 aromatic heterocycles. The third-order valence-electron chi connectivity index (χ3n) is 5.24. The molecule has 0 unspecified atom stereocenters. The predicted octanol–water partition coefficient (Wildman–Crippen LogP) is 4.74. The van der Waals surface area contributed by atoms with E-state index in [1.165, 1.54) is 11.2 Å². The second-order valence-corrected chi connectivity index (χ2v) is 10.4. The Labute approximate surface area is 181 Å². The number of hydrogen-bond donors (Lipinski definition) is 0. The second kappa shape index (κ2) is 8.98. The number of rotatable bonds is 7. The number of halogens is 1. The minimum atomic E-state index is -3.80. The van der Waals surface area contributed by atoms with Crippen LogP contribution in [0, 0.1) is 0 Å². The molecule has 7 heteroatoms. The van der Waals surface area contributed by atoms with Crippen LogP contribution in [0.25, 0.3) is 0 Å². The van der Waals surface area contributed by atoms with Gasteiger partial charge in [-0.3, -0.25) is 4.79 Å². The molecule has 0 saturated heterocycles. The molecule has 1 atom stereocenters. The fraction of sp³-hybridized carbons (Fsp3) is 0.409. The first kappa shape index (κ1) is 22.0. The van der Waals surface area contributed by atoms with Crippen molar-refractivity contribution in [1.29, 1.82) is 0 Å². The molecule has 1 heterocycles. The van der Waals surface area contributed by atoms with Crippen LogP contribution >= 0.6 is 15.9 Å². The molecule has 1 amide bonds. The summed E-state index contributed by atoms with van der Waals surface area (Å²) in [6, 6.07) is 13.1. The van der Waals surface area contributed by atoms with E-state index < -0.39 is 10.0 Å². The summed E-state index contributed by atoms with van der Waals surface area (Å²) >= 11 is 3.47. The molecule has 2 aromatic rings. The summed E-state index contributed by atoms with van der Waals surface area (Å²) in [6.45, 7) is 6.22. The topological polar surface area (TPSA) is 57.7 Å². The van der Waals surface area contributed by atoms with Gasteiger partial charge >= 0.3 is 0 Å². The summed E-state index contributed by atoms with van der Waals surface area (Å²) in [4.78, 5) is 14.1. The van der Waals surface area contributed by atoms with Crippen molar-refractivity contribution in [1.82, 2.24) is 4.31 Å². The molecule has 29 heavy (non-hydrogen) atoms. The van der Waals surface area contributed by atoms with Crippen molar-refractivity contribution in [2.75, 3.05) is 11.4 Å². The van der Waals surface area contributed by atoms with Crippen molar-refractivity contribution < 1.29 is 13.2 Å². The van der Waals surface area contributed by atoms with Gasteiger partial charge in [0.15, 0.2) is 0 Å². The summed E-state index contributed by atoms with van der Waals surface area (Å²) in [6.07, 6.45) is 2.31. The Balaban J connectivity index is 2.10. The maximum Gasteiger partial charge on any atom is 0.245 e. The summed E-state index contributed by atoms with van der Waals surface area (Å²) < 4.78 is 29.8. The summed E-state index contributed by atoms with van der Waals surface area (Å²) in [5, 5.41) is 0. The van der Waals surface area contributed by atoms with E-state index in [1.807, 2.05) is 50.2 Å². The third kappa shape index (κ3) is 4.57. The van der Waals surface area contributed by atoms with Gasteiger partial charge < -0.3 is 4.90 Å². The molecule has 0 bridgehead atoms. The molecule has 0 fully saturated rings. The Morgan fingerprint density at radius 1 is 1.24 bits per heavy atom. The van der Waals surface area contributed by atoms with E-state index >= 15 is 0 Å². The Bertz CT molecular complexity index is 993. The van der Waals surface area contributed by atoms with Crippen molar-refractivity contribution in [2.24, 2.45) is 0 Å². The number of carbonyl (C=O) groups is 1. The largest absolute Gasteiger partial charge is 0.308 e. The van der Waals surface area contributed by atoms with Crippen LogP contribution in [0.4, 0.5) is 5.69 Å². The van der Waals surface area contributed by atoms with Crippen molar-refractivity contribution >= 4 is 37.5 Å². The highest BCUT2D eigenvalue weighted by Gasteiger charge is 2.37. The average molecular weight is 479 g/mol. The zero-order valence-electron chi connectivity index (χ0n) is 17.1. The summed E-state index contributed by atoms with van der Waals surface area (Å²) in [5.41, 5.74) is 2.36. The minimum Gasteiger partial charge on any atom is -0.308 e. The first-order valence-corrected chi connectivity index (χ1v) is 12.1. The molecule has 5 nitrogen and oxygen atoms in total. The normalized spacial score (nSPS) is 16.3. The molecule has 2 aromatic carbocycles. The molecule has 0 N–H and O–H groups in total. The van der Waals surface area contributed by atoms with Crippen LogP contribution in [-0.2, 0) is 27.8 Å². The van der Waals surface area contributed by atoms with Crippen LogP contribution in [0.1, 0.15) is 44.7 Å². The summed E-state index contributed by atoms with van der Waals surface area (Å²) in [5.74, 6) is -0.141. The first-order chi connectivity index (χ1) is 13.8. The van der Waals surface area contributed by atoms with Crippen LogP contribution in [0.3, 0.4) is 0 Å². The zero-order valence-corrected chi connectivity index (χ0v) is 19.5. The number of amides is 1. The Morgan fingerprint density at radius 3 is 2.55 bits per heavy atom. The SMILES string of the molecule is CCCCN(Cc1ccccc1)S(=O)(=O)c1cc(Br)cc2c1N(C(C)=O)[C@@H](C)C2. The monoisotopic (exact) mass is 478 g/mol. The molecule has 0 spiro atoms. The Kier molecular flexibility index (Phi) is 6.81. The van der Waals surface area contributed by atoms with E-state index in [2.05, 4.69) is 15.9 Å². The number of anilines is 1. The van der Waals surface area contributed by atoms with Gasteiger partial charge in [-0.05, 0) is 43.0 Å². The molecule has 1 aliphatic heterocycles. The molecule has 1 aliphatic rings. The van der Waals surface area contributed by atoms with Crippen molar-refractivity contribution in [3.05, 3.63) is 58.1 Å². The van der Waals surface area contributed by atoms with Gasteiger partial charge in [0, 0.05) is 30.5 Å². The lowest BCUT2D eigenvalue weighted by Crippen LogP contribution is -2.36. The van der Waals surface area contributed by atoms with Gasteiger partial charge in [0.2, 0.25) is 15.9 Å². The highest BCUT2D eigenvalue weighted by Crippen LogP contribution is 2.41. The zero-order chi connectivity index (χ0) is 21.2. The van der Waals surface area contributed by atoms with Crippen molar-refractivity contribution in [3.63, 3.8) is 0 Å². The number of fused-ring (bicyclic) bond motifs is 1. The quantitative estimate of drug-likeness (QED) is 0.577. The van der Waals surface area contributed by atoms with E-state index in [0.717, 1.165) is 24.0 Å². The van der Waals surface area contributed by atoms with E-state index in [0.29, 0.717) is 29.7 Å². The number of benzene rings is 2. The standard InChI is InChI=1S/C22H27BrN2O3S/c1-4-5-11-24(15-18-9-7-6-8-10-18)29(27,28)21-14-20(23)13-19-12-16(2)25(17(3)26)22(19)21/h6-10,13-14,16H,4-5,11-12,15H2,1-3H3/t16-/m0/s1. The Hall–Kier alpha value is -1.70. The minimum absolute atomic E-state index is 0.0658. The number of sulfonamides is 1. The van der Waals surface area contributed by atoms with Gasteiger partial charge in [0.25, 0.3) is 0 Å². The van der Waals surface area contributed by atoms with Gasteiger partial charge in [-0.25, -0.2) is 8.42 Å². The van der Waals surface area contributed by atoms with E-state index in [9.17, 15) is 13.2 Å². The van der Waals surface area contributed by atoms with Gasteiger partial charge in [-0.1, -0.05) is 59.6 Å². The highest BCUT2D eigenvalue weighted by atomic mass is 79.9. The first-order valence-electron chi connectivity index (χ1n) is 9.92. The number of carbonyl (C=O) groups excluding carboxylic acids is 1. The highest BCUT2D eigenvalue weighted by molar-refractivity contribution is 9.10. The van der Waals surface area contributed by atoms with Crippen LogP contribution in [0.5, 0.6) is 0 Å². The van der Waals surface area contributed by atoms with E-state index in [-0.39, 0.29) is 16.8 Å². The molecule has 0 aliphatic carbocycles. The van der Waals surface area contributed by atoms with Gasteiger partial charge in [-0.15, -0.1) is 0 Å². The number of hydrogen-bond acceptors (Lipinski definition) is 3. The second-order valence-electron chi connectivity index (χ2n) is 7.53. The lowest BCUT2D eigenvalue weighted by molar-refractivity contribution is -0.116. The van der Waals surface area contributed by atoms with Crippen LogP contribution in [-0.4, -0.2) is 31.2 Å². The van der Waals surface area contributed by atoms with Gasteiger partial charge in [0.05, 0.1) is 5.69 Å². The number of nitrogens with zero attached hydrogens (tertiary/aromatic N) is 2. The fourth-order valence-electron chi connectivity index (χ4n) is 3.90. The lowest BCUT2D eigenvalue weighted by atomic mass is 10.1. The average Bonchev–Trinajstić information content (AvgIpc) is 3.00. The molecular formula is C22H27BrN2O3S. The maximum atomic E-state index is 13.8. The molecule has 3 rings (SSSR count). The number of unbranched alkanes of at least 4 members (excludes halogenated alkanes) is 1. The molecule has 0 radical (unpaired) electrons. The fourth-order valence-corrected chi connectivity index (χ4v) is 6.27. The van der Waals surface area contributed by atoms with Crippen LogP contribution in [0.2, 0.25) is 0 Å². The molecule has 0 saturated carbocycles. The predicted molar refractivity (Wildman–Crippen MR) is 119 cm³/mol. The van der Waals surface area contributed by atoms with E-state index in [1.54, 1.807) is 11.0 Å². The van der Waals surface area contributed by atoms with Crippen molar-refractivity contribution in [3.8, 4) is 0 Å². The van der Waals surface area contributed by atoms with Crippen LogP contribution < -0.4 is 4.90 Å². The smallest absolute Gasteiger partial charge is 0.245 e. The summed E-state index contributed by atoms with van der Waals surface area (Å²) in [7, 11) is -3.80. The van der Waals surface area contributed by atoms with Gasteiger partial charge in [-0.2, -0.15) is 4.31 Å². The lowest BCUT2D eigenvalue weighted by Gasteiger charge is -2.27. The van der Waals surface area contributed by atoms with Crippen molar-refractivity contribution in [2.45, 2.75) is 57.5 Å². The molecule has 156 valence electrons. The Morgan fingerprint density at radius 2 is 1.93 bits per heavy atom. The van der Waals surface area contributed by atoms with Gasteiger partial charge in [0.1, 0.15) is 4.90 Å². The molecular weight excluding hydrogens is 452 g/mol. The van der Waals surface area contributed by atoms with E-state index in [4.69, 9.17) is 0 Å². The third-order valence-corrected chi connectivity index (χ3v) is 7.55.